The molecule has 0 heterocycles. The minimum Gasteiger partial charge on any atom is -0.481 e. The van der Waals surface area contributed by atoms with Crippen molar-refractivity contribution in [2.45, 2.75) is 76.0 Å². The van der Waals surface area contributed by atoms with E-state index in [-0.39, 0.29) is 18.8 Å². The lowest BCUT2D eigenvalue weighted by atomic mass is 9.96. The maximum absolute atomic E-state index is 10.3. The van der Waals surface area contributed by atoms with Crippen LogP contribution in [0.5, 0.6) is 0 Å². The van der Waals surface area contributed by atoms with Crippen LogP contribution in [0.25, 0.3) is 0 Å². The first-order chi connectivity index (χ1) is 17.6. The molecular formula is C21H36O18. The van der Waals surface area contributed by atoms with Crippen molar-refractivity contribution in [1.29, 1.82) is 0 Å². The van der Waals surface area contributed by atoms with Crippen LogP contribution in [-0.2, 0) is 38.2 Å². The van der Waals surface area contributed by atoms with Crippen LogP contribution in [0.15, 0.2) is 0 Å². The SMILES string of the molecule is CC(O)COC(C)COC(C)CO.O=C(O)CC(O)(CC(=O)O)C(=O)O.O=C(O)CC(O)(CC(=O)O)C(=O)O. The first-order valence-electron chi connectivity index (χ1n) is 10.9. The van der Waals surface area contributed by atoms with E-state index in [4.69, 9.17) is 60.5 Å². The van der Waals surface area contributed by atoms with Gasteiger partial charge in [0.1, 0.15) is 0 Å². The second-order valence-electron chi connectivity index (χ2n) is 8.28. The normalized spacial score (nSPS) is 13.3. The Hall–Kier alpha value is -3.42. The highest BCUT2D eigenvalue weighted by Crippen LogP contribution is 2.16. The average molecular weight is 577 g/mol. The number of rotatable bonds is 17. The summed E-state index contributed by atoms with van der Waals surface area (Å²) < 4.78 is 10.5. The topological polar surface area (TPSA) is 323 Å². The molecule has 0 radical (unpaired) electrons. The molecule has 18 heteroatoms. The molecule has 10 N–H and O–H groups in total. The lowest BCUT2D eigenvalue weighted by molar-refractivity contribution is -0.170. The third-order valence-corrected chi connectivity index (χ3v) is 4.07. The third kappa shape index (κ3) is 22.3. The molecule has 0 fully saturated rings. The van der Waals surface area contributed by atoms with Crippen LogP contribution >= 0.6 is 0 Å². The number of hydrogen-bond acceptors (Lipinski definition) is 12. The molecule has 0 aliphatic carbocycles. The maximum atomic E-state index is 10.3. The van der Waals surface area contributed by atoms with Crippen LogP contribution in [0.4, 0.5) is 0 Å². The van der Waals surface area contributed by atoms with Gasteiger partial charge >= 0.3 is 35.8 Å². The Morgan fingerprint density at radius 2 is 0.872 bits per heavy atom. The van der Waals surface area contributed by atoms with Gasteiger partial charge in [0.15, 0.2) is 11.2 Å². The summed E-state index contributed by atoms with van der Waals surface area (Å²) >= 11 is 0. The largest absolute Gasteiger partial charge is 0.481 e. The summed E-state index contributed by atoms with van der Waals surface area (Å²) in [6.45, 7) is 6.10. The van der Waals surface area contributed by atoms with Gasteiger partial charge in [0.2, 0.25) is 0 Å². The summed E-state index contributed by atoms with van der Waals surface area (Å²) in [6, 6.07) is 0. The number of aliphatic hydroxyl groups is 4. The highest BCUT2D eigenvalue weighted by molar-refractivity contribution is 5.88. The highest BCUT2D eigenvalue weighted by atomic mass is 16.5. The molecular weight excluding hydrogens is 540 g/mol. The second kappa shape index (κ2) is 19.6. The smallest absolute Gasteiger partial charge is 0.336 e. The van der Waals surface area contributed by atoms with Crippen molar-refractivity contribution < 1.29 is 89.3 Å². The second-order valence-corrected chi connectivity index (χ2v) is 8.28. The fourth-order valence-corrected chi connectivity index (χ4v) is 2.13. The third-order valence-electron chi connectivity index (χ3n) is 4.07. The Bertz CT molecular complexity index is 723. The fourth-order valence-electron chi connectivity index (χ4n) is 2.13. The lowest BCUT2D eigenvalue weighted by Gasteiger charge is -2.18. The van der Waals surface area contributed by atoms with E-state index >= 15 is 0 Å². The van der Waals surface area contributed by atoms with Gasteiger partial charge in [-0.3, -0.25) is 19.2 Å². The Kier molecular flexibility index (Phi) is 20.2. The van der Waals surface area contributed by atoms with E-state index in [1.165, 1.54) is 0 Å². The first-order valence-corrected chi connectivity index (χ1v) is 10.9. The van der Waals surface area contributed by atoms with Crippen LogP contribution in [0.1, 0.15) is 46.5 Å². The molecule has 0 aromatic carbocycles. The van der Waals surface area contributed by atoms with Crippen molar-refractivity contribution in [3.63, 3.8) is 0 Å². The Morgan fingerprint density at radius 1 is 0.590 bits per heavy atom. The van der Waals surface area contributed by atoms with Gasteiger partial charge in [-0.2, -0.15) is 0 Å². The molecule has 0 aromatic rings. The van der Waals surface area contributed by atoms with Gasteiger partial charge in [-0.25, -0.2) is 9.59 Å². The van der Waals surface area contributed by atoms with Crippen molar-refractivity contribution in [3.05, 3.63) is 0 Å². The van der Waals surface area contributed by atoms with Gasteiger partial charge in [0.05, 0.1) is 63.8 Å². The zero-order valence-electron chi connectivity index (χ0n) is 21.4. The van der Waals surface area contributed by atoms with Crippen molar-refractivity contribution in [1.82, 2.24) is 0 Å². The molecule has 0 saturated heterocycles. The van der Waals surface area contributed by atoms with Gasteiger partial charge in [-0.1, -0.05) is 0 Å². The van der Waals surface area contributed by atoms with E-state index in [1.54, 1.807) is 13.8 Å². The predicted octanol–water partition coefficient (Wildman–Crippen LogP) is -2.33. The molecule has 0 amide bonds. The number of carboxylic acid groups (broad SMARTS) is 6. The van der Waals surface area contributed by atoms with Crippen LogP contribution in [0.3, 0.4) is 0 Å². The van der Waals surface area contributed by atoms with E-state index < -0.39 is 78.8 Å². The molecule has 0 aromatic heterocycles. The van der Waals surface area contributed by atoms with Crippen LogP contribution in [-0.4, -0.2) is 136 Å². The van der Waals surface area contributed by atoms with E-state index in [9.17, 15) is 28.8 Å². The number of aliphatic hydroxyl groups excluding tert-OH is 2. The standard InChI is InChI=1S/C9H20O4.2C6H8O7/c1-7(11)5-12-9(3)6-13-8(2)4-10;2*7-3(8)1-6(13,5(11)12)2-4(9)10/h7-11H,4-6H2,1-3H3;2*13H,1-2H2,(H,7,8)(H,9,10)(H,11,12). The van der Waals surface area contributed by atoms with Crippen molar-refractivity contribution in [3.8, 4) is 0 Å². The molecule has 0 saturated carbocycles. The highest BCUT2D eigenvalue weighted by Gasteiger charge is 2.41. The van der Waals surface area contributed by atoms with Gasteiger partial charge in [-0.05, 0) is 20.8 Å². The molecule has 0 aliphatic heterocycles. The van der Waals surface area contributed by atoms with Crippen LogP contribution in [0, 0.1) is 0 Å². The van der Waals surface area contributed by atoms with Gasteiger partial charge in [0.25, 0.3) is 0 Å². The minimum absolute atomic E-state index is 0.0170. The molecule has 39 heavy (non-hydrogen) atoms. The maximum Gasteiger partial charge on any atom is 0.336 e. The summed E-state index contributed by atoms with van der Waals surface area (Å²) in [5.41, 5.74) is -5.48. The number of carbonyl (C=O) groups is 6. The Labute approximate surface area is 221 Å². The van der Waals surface area contributed by atoms with Crippen molar-refractivity contribution >= 4 is 35.8 Å². The quantitative estimate of drug-likeness (QED) is 0.0867. The molecule has 3 unspecified atom stereocenters. The van der Waals surface area contributed by atoms with Crippen LogP contribution in [0.2, 0.25) is 0 Å². The predicted molar refractivity (Wildman–Crippen MR) is 124 cm³/mol. The van der Waals surface area contributed by atoms with Gasteiger partial charge in [0, 0.05) is 0 Å². The monoisotopic (exact) mass is 576 g/mol. The summed E-state index contributed by atoms with van der Waals surface area (Å²) in [5, 5.41) is 85.2. The van der Waals surface area contributed by atoms with Crippen molar-refractivity contribution in [2.75, 3.05) is 19.8 Å². The fraction of sp³-hybridized carbons (Fsp3) is 0.714. The summed E-state index contributed by atoms with van der Waals surface area (Å²) in [7, 11) is 0. The zero-order chi connectivity index (χ0) is 31.6. The molecule has 0 aliphatic rings. The van der Waals surface area contributed by atoms with Gasteiger partial charge < -0.3 is 60.5 Å². The minimum atomic E-state index is -2.74. The van der Waals surface area contributed by atoms with Crippen LogP contribution < -0.4 is 0 Å². The van der Waals surface area contributed by atoms with E-state index in [0.717, 1.165) is 0 Å². The number of aliphatic carboxylic acids is 6. The Balaban J connectivity index is -0.000000498. The van der Waals surface area contributed by atoms with Gasteiger partial charge in [-0.15, -0.1) is 0 Å². The van der Waals surface area contributed by atoms with E-state index in [2.05, 4.69) is 0 Å². The van der Waals surface area contributed by atoms with Crippen molar-refractivity contribution in [2.24, 2.45) is 0 Å². The molecule has 18 nitrogen and oxygen atoms in total. The molecule has 0 spiro atoms. The summed E-state index contributed by atoms with van der Waals surface area (Å²) in [6.07, 6.45) is -5.23. The molecule has 0 bridgehead atoms. The number of hydrogen-bond donors (Lipinski definition) is 10. The number of carboxylic acids is 6. The van der Waals surface area contributed by atoms with E-state index in [0.29, 0.717) is 13.2 Å². The molecule has 3 atom stereocenters. The lowest BCUT2D eigenvalue weighted by Crippen LogP contribution is -2.42. The molecule has 0 rings (SSSR count). The van der Waals surface area contributed by atoms with E-state index in [1.807, 2.05) is 6.92 Å². The first kappa shape index (κ1) is 40.1. The average Bonchev–Trinajstić information content (AvgIpc) is 2.74. The Morgan fingerprint density at radius 3 is 1.08 bits per heavy atom. The molecule has 228 valence electrons. The summed E-state index contributed by atoms with van der Waals surface area (Å²) in [4.78, 5) is 61.0. The number of ether oxygens (including phenoxy) is 2. The summed E-state index contributed by atoms with van der Waals surface area (Å²) in [5.74, 6) is -10.0. The zero-order valence-corrected chi connectivity index (χ0v) is 21.4.